The summed E-state index contributed by atoms with van der Waals surface area (Å²) in [5, 5.41) is 3.47. The number of nitrogens with zero attached hydrogens (tertiary/aromatic N) is 1. The van der Waals surface area contributed by atoms with Gasteiger partial charge in [0.1, 0.15) is 5.82 Å². The molecule has 0 aliphatic carbocycles. The van der Waals surface area contributed by atoms with Crippen molar-refractivity contribution in [2.75, 3.05) is 0 Å². The SMILES string of the molecule is CC(Cc1ccccc1)NC(C)c1cncc(F)c1. The third-order valence-electron chi connectivity index (χ3n) is 3.15. The van der Waals surface area contributed by atoms with E-state index in [0.717, 1.165) is 12.0 Å². The molecular formula is C16H19FN2. The van der Waals surface area contributed by atoms with Gasteiger partial charge in [-0.25, -0.2) is 4.39 Å². The lowest BCUT2D eigenvalue weighted by molar-refractivity contribution is 0.474. The van der Waals surface area contributed by atoms with Crippen LogP contribution in [0, 0.1) is 5.82 Å². The third kappa shape index (κ3) is 4.14. The first-order valence-corrected chi connectivity index (χ1v) is 6.55. The average Bonchev–Trinajstić information content (AvgIpc) is 2.39. The maximum Gasteiger partial charge on any atom is 0.141 e. The number of nitrogens with one attached hydrogen (secondary N) is 1. The van der Waals surface area contributed by atoms with Crippen molar-refractivity contribution in [1.82, 2.24) is 10.3 Å². The Bertz CT molecular complexity index is 513. The molecule has 100 valence electrons. The van der Waals surface area contributed by atoms with Crippen molar-refractivity contribution in [1.29, 1.82) is 0 Å². The van der Waals surface area contributed by atoms with E-state index in [9.17, 15) is 4.39 Å². The Morgan fingerprint density at radius 1 is 1.16 bits per heavy atom. The van der Waals surface area contributed by atoms with E-state index in [1.165, 1.54) is 17.8 Å². The molecule has 0 aliphatic heterocycles. The van der Waals surface area contributed by atoms with Crippen LogP contribution in [0.4, 0.5) is 4.39 Å². The molecule has 0 radical (unpaired) electrons. The zero-order chi connectivity index (χ0) is 13.7. The van der Waals surface area contributed by atoms with E-state index in [1.54, 1.807) is 6.20 Å². The molecule has 0 fully saturated rings. The van der Waals surface area contributed by atoms with Crippen molar-refractivity contribution in [2.24, 2.45) is 0 Å². The molecule has 3 heteroatoms. The van der Waals surface area contributed by atoms with E-state index in [0.29, 0.717) is 6.04 Å². The zero-order valence-corrected chi connectivity index (χ0v) is 11.3. The van der Waals surface area contributed by atoms with E-state index in [2.05, 4.69) is 29.4 Å². The van der Waals surface area contributed by atoms with E-state index in [-0.39, 0.29) is 11.9 Å². The fourth-order valence-electron chi connectivity index (χ4n) is 2.21. The highest BCUT2D eigenvalue weighted by atomic mass is 19.1. The lowest BCUT2D eigenvalue weighted by atomic mass is 10.0. The van der Waals surface area contributed by atoms with Gasteiger partial charge in [0, 0.05) is 18.3 Å². The Morgan fingerprint density at radius 2 is 1.89 bits per heavy atom. The molecule has 1 N–H and O–H groups in total. The monoisotopic (exact) mass is 258 g/mol. The molecular weight excluding hydrogens is 239 g/mol. The predicted molar refractivity (Wildman–Crippen MR) is 75.4 cm³/mol. The molecule has 0 bridgehead atoms. The highest BCUT2D eigenvalue weighted by Gasteiger charge is 2.10. The molecule has 2 nitrogen and oxygen atoms in total. The molecule has 1 heterocycles. The molecule has 2 atom stereocenters. The molecule has 0 spiro atoms. The van der Waals surface area contributed by atoms with Crippen LogP contribution in [0.5, 0.6) is 0 Å². The second kappa shape index (κ2) is 6.43. The Hall–Kier alpha value is -1.74. The maximum absolute atomic E-state index is 13.1. The number of pyridine rings is 1. The van der Waals surface area contributed by atoms with Crippen LogP contribution in [-0.2, 0) is 6.42 Å². The first-order chi connectivity index (χ1) is 9.15. The molecule has 0 saturated heterocycles. The first kappa shape index (κ1) is 13.7. The lowest BCUT2D eigenvalue weighted by Crippen LogP contribution is -2.30. The standard InChI is InChI=1S/C16H19FN2/c1-12(8-14-6-4-3-5-7-14)19-13(2)15-9-16(17)11-18-10-15/h3-7,9-13,19H,8H2,1-2H3. The second-order valence-electron chi connectivity index (χ2n) is 4.92. The van der Waals surface area contributed by atoms with Gasteiger partial charge in [0.15, 0.2) is 0 Å². The number of aromatic nitrogens is 1. The predicted octanol–water partition coefficient (Wildman–Crippen LogP) is 3.50. The third-order valence-corrected chi connectivity index (χ3v) is 3.15. The smallest absolute Gasteiger partial charge is 0.141 e. The molecule has 0 amide bonds. The van der Waals surface area contributed by atoms with E-state index in [4.69, 9.17) is 0 Å². The van der Waals surface area contributed by atoms with Gasteiger partial charge in [-0.3, -0.25) is 4.98 Å². The molecule has 1 aromatic heterocycles. The van der Waals surface area contributed by atoms with Gasteiger partial charge in [0.25, 0.3) is 0 Å². The fourth-order valence-corrected chi connectivity index (χ4v) is 2.21. The fraction of sp³-hybridized carbons (Fsp3) is 0.312. The summed E-state index contributed by atoms with van der Waals surface area (Å²) in [5.41, 5.74) is 2.17. The van der Waals surface area contributed by atoms with E-state index >= 15 is 0 Å². The van der Waals surface area contributed by atoms with Crippen LogP contribution in [-0.4, -0.2) is 11.0 Å². The van der Waals surface area contributed by atoms with Crippen LogP contribution in [0.1, 0.15) is 31.0 Å². The van der Waals surface area contributed by atoms with Gasteiger partial charge in [-0.15, -0.1) is 0 Å². The molecule has 2 rings (SSSR count). The number of rotatable bonds is 5. The Morgan fingerprint density at radius 3 is 2.58 bits per heavy atom. The summed E-state index contributed by atoms with van der Waals surface area (Å²) in [4.78, 5) is 3.88. The van der Waals surface area contributed by atoms with Crippen LogP contribution in [0.3, 0.4) is 0 Å². The molecule has 2 unspecified atom stereocenters. The van der Waals surface area contributed by atoms with Crippen LogP contribution >= 0.6 is 0 Å². The summed E-state index contributed by atoms with van der Waals surface area (Å²) in [7, 11) is 0. The molecule has 0 aliphatic rings. The quantitative estimate of drug-likeness (QED) is 0.887. The highest BCUT2D eigenvalue weighted by Crippen LogP contribution is 2.14. The van der Waals surface area contributed by atoms with Crippen molar-refractivity contribution in [3.05, 3.63) is 65.7 Å². The zero-order valence-electron chi connectivity index (χ0n) is 11.3. The summed E-state index contributed by atoms with van der Waals surface area (Å²) in [5.74, 6) is -0.290. The van der Waals surface area contributed by atoms with Crippen LogP contribution < -0.4 is 5.32 Å². The summed E-state index contributed by atoms with van der Waals surface area (Å²) in [6, 6.07) is 12.3. The Balaban J connectivity index is 1.93. The summed E-state index contributed by atoms with van der Waals surface area (Å²) in [6.45, 7) is 4.16. The van der Waals surface area contributed by atoms with Crippen LogP contribution in [0.25, 0.3) is 0 Å². The van der Waals surface area contributed by atoms with Crippen LogP contribution in [0.15, 0.2) is 48.8 Å². The molecule has 19 heavy (non-hydrogen) atoms. The first-order valence-electron chi connectivity index (χ1n) is 6.55. The Labute approximate surface area is 113 Å². The van der Waals surface area contributed by atoms with Crippen molar-refractivity contribution in [2.45, 2.75) is 32.4 Å². The van der Waals surface area contributed by atoms with Crippen molar-refractivity contribution < 1.29 is 4.39 Å². The average molecular weight is 258 g/mol. The summed E-state index contributed by atoms with van der Waals surface area (Å²) in [6.07, 6.45) is 3.88. The Kier molecular flexibility index (Phi) is 4.63. The number of hydrogen-bond acceptors (Lipinski definition) is 2. The largest absolute Gasteiger partial charge is 0.307 e. The minimum Gasteiger partial charge on any atom is -0.307 e. The van der Waals surface area contributed by atoms with Crippen molar-refractivity contribution >= 4 is 0 Å². The summed E-state index contributed by atoms with van der Waals surface area (Å²) >= 11 is 0. The number of benzene rings is 1. The number of hydrogen-bond donors (Lipinski definition) is 1. The van der Waals surface area contributed by atoms with Gasteiger partial charge in [-0.1, -0.05) is 30.3 Å². The van der Waals surface area contributed by atoms with Gasteiger partial charge in [0.2, 0.25) is 0 Å². The lowest BCUT2D eigenvalue weighted by Gasteiger charge is -2.20. The van der Waals surface area contributed by atoms with E-state index in [1.807, 2.05) is 25.1 Å². The normalized spacial score (nSPS) is 14.1. The van der Waals surface area contributed by atoms with Gasteiger partial charge >= 0.3 is 0 Å². The van der Waals surface area contributed by atoms with Crippen LogP contribution in [0.2, 0.25) is 0 Å². The topological polar surface area (TPSA) is 24.9 Å². The minimum absolute atomic E-state index is 0.0851. The number of halogens is 1. The maximum atomic E-state index is 13.1. The second-order valence-corrected chi connectivity index (χ2v) is 4.92. The van der Waals surface area contributed by atoms with Gasteiger partial charge in [0.05, 0.1) is 6.20 Å². The highest BCUT2D eigenvalue weighted by molar-refractivity contribution is 5.17. The van der Waals surface area contributed by atoms with Crippen molar-refractivity contribution in [3.63, 3.8) is 0 Å². The van der Waals surface area contributed by atoms with Gasteiger partial charge in [-0.05, 0) is 37.5 Å². The van der Waals surface area contributed by atoms with E-state index < -0.39 is 0 Å². The summed E-state index contributed by atoms with van der Waals surface area (Å²) < 4.78 is 13.1. The minimum atomic E-state index is -0.290. The molecule has 2 aromatic rings. The van der Waals surface area contributed by atoms with Gasteiger partial charge < -0.3 is 5.32 Å². The molecule has 1 aromatic carbocycles. The molecule has 0 saturated carbocycles. The van der Waals surface area contributed by atoms with Gasteiger partial charge in [-0.2, -0.15) is 0 Å². The van der Waals surface area contributed by atoms with Crippen molar-refractivity contribution in [3.8, 4) is 0 Å².